The van der Waals surface area contributed by atoms with E-state index in [1.807, 2.05) is 0 Å². The summed E-state index contributed by atoms with van der Waals surface area (Å²) in [5, 5.41) is 2.71. The van der Waals surface area contributed by atoms with E-state index in [0.29, 0.717) is 18.7 Å². The fourth-order valence-electron chi connectivity index (χ4n) is 2.10. The molecule has 1 aliphatic rings. The van der Waals surface area contributed by atoms with Gasteiger partial charge >= 0.3 is 0 Å². The number of hydrogen-bond donors (Lipinski definition) is 2. The van der Waals surface area contributed by atoms with Crippen molar-refractivity contribution >= 4 is 19.9 Å². The predicted octanol–water partition coefficient (Wildman–Crippen LogP) is -0.288. The molecule has 1 unspecified atom stereocenters. The molecular formula is C11H18N2O5S2. The van der Waals surface area contributed by atoms with Gasteiger partial charge in [0.1, 0.15) is 5.76 Å². The van der Waals surface area contributed by atoms with E-state index in [4.69, 9.17) is 4.42 Å². The van der Waals surface area contributed by atoms with Crippen molar-refractivity contribution in [3.05, 3.63) is 17.9 Å². The quantitative estimate of drug-likeness (QED) is 0.746. The van der Waals surface area contributed by atoms with Crippen LogP contribution in [0.4, 0.5) is 0 Å². The van der Waals surface area contributed by atoms with Crippen LogP contribution in [0, 0.1) is 5.92 Å². The smallest absolute Gasteiger partial charge is 0.273 e. The van der Waals surface area contributed by atoms with Crippen LogP contribution in [0.2, 0.25) is 0 Å². The SMILES string of the molecule is CNCc1ccc(S(=O)(=O)NCC2CCS(=O)(=O)C2)o1. The molecule has 2 heterocycles. The zero-order valence-electron chi connectivity index (χ0n) is 11.1. The first-order valence-electron chi connectivity index (χ1n) is 6.26. The van der Waals surface area contributed by atoms with Crippen molar-refractivity contribution in [2.75, 3.05) is 25.1 Å². The van der Waals surface area contributed by atoms with Gasteiger partial charge in [0.25, 0.3) is 10.0 Å². The Labute approximate surface area is 118 Å². The molecule has 0 amide bonds. The predicted molar refractivity (Wildman–Crippen MR) is 73.4 cm³/mol. The highest BCUT2D eigenvalue weighted by Crippen LogP contribution is 2.19. The standard InChI is InChI=1S/C11H18N2O5S2/c1-12-7-10-2-3-11(18-10)20(16,17)13-6-9-4-5-19(14,15)8-9/h2-3,9,12-13H,4-8H2,1H3. The normalized spacial score (nSPS) is 22.1. The van der Waals surface area contributed by atoms with Crippen molar-refractivity contribution in [3.8, 4) is 0 Å². The Kier molecular flexibility index (Phi) is 4.52. The maximum absolute atomic E-state index is 12.0. The minimum Gasteiger partial charge on any atom is -0.447 e. The molecule has 2 N–H and O–H groups in total. The minimum atomic E-state index is -3.72. The molecule has 0 saturated carbocycles. The molecule has 1 aromatic heterocycles. The van der Waals surface area contributed by atoms with E-state index in [1.165, 1.54) is 6.07 Å². The number of sulfonamides is 1. The summed E-state index contributed by atoms with van der Waals surface area (Å²) in [6.45, 7) is 0.556. The lowest BCUT2D eigenvalue weighted by Crippen LogP contribution is -2.29. The first kappa shape index (κ1) is 15.5. The first-order valence-corrected chi connectivity index (χ1v) is 9.56. The van der Waals surface area contributed by atoms with Crippen LogP contribution < -0.4 is 10.0 Å². The number of nitrogens with one attached hydrogen (secondary N) is 2. The summed E-state index contributed by atoms with van der Waals surface area (Å²) in [5.74, 6) is 0.531. The molecule has 7 nitrogen and oxygen atoms in total. The molecule has 0 bridgehead atoms. The summed E-state index contributed by atoms with van der Waals surface area (Å²) >= 11 is 0. The molecule has 1 atom stereocenters. The lowest BCUT2D eigenvalue weighted by Gasteiger charge is -2.08. The fourth-order valence-corrected chi connectivity index (χ4v) is 5.03. The highest BCUT2D eigenvalue weighted by Gasteiger charge is 2.29. The molecule has 20 heavy (non-hydrogen) atoms. The van der Waals surface area contributed by atoms with E-state index >= 15 is 0 Å². The summed E-state index contributed by atoms with van der Waals surface area (Å²) in [6, 6.07) is 2.98. The second kappa shape index (κ2) is 5.84. The van der Waals surface area contributed by atoms with Gasteiger partial charge in [-0.25, -0.2) is 21.6 Å². The van der Waals surface area contributed by atoms with Crippen LogP contribution in [0.25, 0.3) is 0 Å². The van der Waals surface area contributed by atoms with Crippen LogP contribution in [-0.2, 0) is 26.4 Å². The lowest BCUT2D eigenvalue weighted by atomic mass is 10.1. The summed E-state index contributed by atoms with van der Waals surface area (Å²) in [4.78, 5) is 0. The minimum absolute atomic E-state index is 0.0404. The Bertz CT molecular complexity index is 663. The maximum atomic E-state index is 12.0. The zero-order chi connectivity index (χ0) is 14.8. The molecule has 0 radical (unpaired) electrons. The second-order valence-electron chi connectivity index (χ2n) is 4.87. The molecule has 0 spiro atoms. The van der Waals surface area contributed by atoms with Crippen molar-refractivity contribution in [2.45, 2.75) is 18.1 Å². The molecule has 2 rings (SSSR count). The number of sulfone groups is 1. The zero-order valence-corrected chi connectivity index (χ0v) is 12.8. The molecule has 0 aromatic carbocycles. The van der Waals surface area contributed by atoms with E-state index < -0.39 is 19.9 Å². The highest BCUT2D eigenvalue weighted by molar-refractivity contribution is 7.91. The Balaban J connectivity index is 1.97. The van der Waals surface area contributed by atoms with Gasteiger partial charge < -0.3 is 9.73 Å². The van der Waals surface area contributed by atoms with Gasteiger partial charge in [-0.15, -0.1) is 0 Å². The fraction of sp³-hybridized carbons (Fsp3) is 0.636. The summed E-state index contributed by atoms with van der Waals surface area (Å²) < 4.78 is 54.2. The van der Waals surface area contributed by atoms with Gasteiger partial charge in [-0.3, -0.25) is 0 Å². The van der Waals surface area contributed by atoms with Crippen LogP contribution in [0.1, 0.15) is 12.2 Å². The largest absolute Gasteiger partial charge is 0.447 e. The van der Waals surface area contributed by atoms with E-state index in [-0.39, 0.29) is 29.1 Å². The first-order chi connectivity index (χ1) is 9.32. The topological polar surface area (TPSA) is 105 Å². The third-order valence-electron chi connectivity index (χ3n) is 3.14. The van der Waals surface area contributed by atoms with Gasteiger partial charge in [0.05, 0.1) is 18.1 Å². The summed E-state index contributed by atoms with van der Waals surface area (Å²) in [7, 11) is -4.99. The van der Waals surface area contributed by atoms with Gasteiger partial charge in [-0.1, -0.05) is 0 Å². The third-order valence-corrected chi connectivity index (χ3v) is 6.27. The Morgan fingerprint density at radius 1 is 1.40 bits per heavy atom. The Morgan fingerprint density at radius 3 is 2.75 bits per heavy atom. The van der Waals surface area contributed by atoms with Gasteiger partial charge in [-0.05, 0) is 31.5 Å². The molecule has 1 aromatic rings. The van der Waals surface area contributed by atoms with Gasteiger partial charge in [0.2, 0.25) is 5.09 Å². The van der Waals surface area contributed by atoms with E-state index in [9.17, 15) is 16.8 Å². The molecule has 1 fully saturated rings. The average molecular weight is 322 g/mol. The van der Waals surface area contributed by atoms with Crippen molar-refractivity contribution in [1.29, 1.82) is 0 Å². The molecule has 0 aliphatic carbocycles. The van der Waals surface area contributed by atoms with Crippen molar-refractivity contribution in [2.24, 2.45) is 5.92 Å². The maximum Gasteiger partial charge on any atom is 0.273 e. The molecular weight excluding hydrogens is 304 g/mol. The monoisotopic (exact) mass is 322 g/mol. The number of hydrogen-bond acceptors (Lipinski definition) is 6. The molecule has 1 saturated heterocycles. The summed E-state index contributed by atoms with van der Waals surface area (Å²) in [5.41, 5.74) is 0. The molecule has 1 aliphatic heterocycles. The molecule has 114 valence electrons. The lowest BCUT2D eigenvalue weighted by molar-refractivity contribution is 0.403. The van der Waals surface area contributed by atoms with E-state index in [1.54, 1.807) is 13.1 Å². The highest BCUT2D eigenvalue weighted by atomic mass is 32.2. The Hall–Kier alpha value is -0.900. The van der Waals surface area contributed by atoms with E-state index in [0.717, 1.165) is 0 Å². The van der Waals surface area contributed by atoms with Crippen LogP contribution in [0.5, 0.6) is 0 Å². The van der Waals surface area contributed by atoms with Gasteiger partial charge in [-0.2, -0.15) is 0 Å². The van der Waals surface area contributed by atoms with Gasteiger partial charge in [0, 0.05) is 6.54 Å². The number of rotatable bonds is 6. The van der Waals surface area contributed by atoms with Crippen molar-refractivity contribution in [1.82, 2.24) is 10.0 Å². The van der Waals surface area contributed by atoms with E-state index in [2.05, 4.69) is 10.0 Å². The van der Waals surface area contributed by atoms with Crippen LogP contribution in [0.3, 0.4) is 0 Å². The molecule has 9 heteroatoms. The van der Waals surface area contributed by atoms with Crippen molar-refractivity contribution < 1.29 is 21.3 Å². The van der Waals surface area contributed by atoms with Crippen LogP contribution >= 0.6 is 0 Å². The van der Waals surface area contributed by atoms with Gasteiger partial charge in [0.15, 0.2) is 9.84 Å². The average Bonchev–Trinajstić information content (AvgIpc) is 2.94. The van der Waals surface area contributed by atoms with Crippen LogP contribution in [0.15, 0.2) is 21.6 Å². The Morgan fingerprint density at radius 2 is 2.15 bits per heavy atom. The second-order valence-corrected chi connectivity index (χ2v) is 8.80. The number of furan rings is 1. The third kappa shape index (κ3) is 3.81. The van der Waals surface area contributed by atoms with Crippen molar-refractivity contribution in [3.63, 3.8) is 0 Å². The summed E-state index contributed by atoms with van der Waals surface area (Å²) in [6.07, 6.45) is 0.494. The van der Waals surface area contributed by atoms with Crippen LogP contribution in [-0.4, -0.2) is 41.9 Å².